The van der Waals surface area contributed by atoms with E-state index in [9.17, 15) is 43.5 Å². The number of anilines is 1. The minimum atomic E-state index is -5.43. The fourth-order valence-electron chi connectivity index (χ4n) is 7.05. The number of phosphoric ester groups is 2. The summed E-state index contributed by atoms with van der Waals surface area (Å²) in [6, 6.07) is 1.24. The summed E-state index contributed by atoms with van der Waals surface area (Å²) in [6.45, 7) is 4.24. The van der Waals surface area contributed by atoms with Gasteiger partial charge in [0.05, 0.1) is 25.4 Å². The van der Waals surface area contributed by atoms with Gasteiger partial charge in [0.25, 0.3) is 0 Å². The second kappa shape index (κ2) is 31.1. The molecular weight excluding hydrogens is 900 g/mol. The van der Waals surface area contributed by atoms with Gasteiger partial charge >= 0.3 is 33.3 Å². The second-order valence-corrected chi connectivity index (χ2v) is 20.2. The van der Waals surface area contributed by atoms with Crippen LogP contribution < -0.4 is 11.4 Å². The Labute approximate surface area is 389 Å². The summed E-state index contributed by atoms with van der Waals surface area (Å²) in [5.41, 5.74) is 4.57. The van der Waals surface area contributed by atoms with Crippen LogP contribution in [-0.2, 0) is 51.0 Å². The first kappa shape index (κ1) is 57.3. The minimum Gasteiger partial charge on any atom is -0.462 e. The number of phosphoric acid groups is 2. The molecule has 0 spiro atoms. The van der Waals surface area contributed by atoms with Gasteiger partial charge in [-0.15, -0.1) is 0 Å². The molecular formula is C45H75N3O16P2. The number of unbranched alkanes of at least 4 members (excludes halogenated alkanes) is 9. The Kier molecular flexibility index (Phi) is 27.0. The van der Waals surface area contributed by atoms with E-state index in [1.807, 2.05) is 0 Å². The number of hydrogen-bond acceptors (Lipinski definition) is 16. The number of allylic oxidation sites excluding steroid dienone is 5. The highest BCUT2D eigenvalue weighted by molar-refractivity contribution is 7.61. The van der Waals surface area contributed by atoms with E-state index >= 15 is 0 Å². The predicted octanol–water partition coefficient (Wildman–Crippen LogP) is 7.67. The molecule has 21 heteroatoms. The number of carbonyl (C=O) groups is 2. The number of rotatable bonds is 36. The molecule has 0 aliphatic carbocycles. The quantitative estimate of drug-likeness (QED) is 0.0142. The normalized spacial score (nSPS) is 23.2. The number of hydrogen-bond donors (Lipinski definition) is 5. The Morgan fingerprint density at radius 2 is 1.45 bits per heavy atom. The van der Waals surface area contributed by atoms with Crippen molar-refractivity contribution in [3.8, 4) is 0 Å². The molecule has 2 aliphatic rings. The number of nitrogen functional groups attached to an aromatic ring is 1. The Morgan fingerprint density at radius 1 is 0.803 bits per heavy atom. The molecule has 9 atom stereocenters. The molecule has 2 aliphatic heterocycles. The first-order valence-electron chi connectivity index (χ1n) is 23.5. The van der Waals surface area contributed by atoms with Gasteiger partial charge in [-0.1, -0.05) is 115 Å². The van der Waals surface area contributed by atoms with Crippen LogP contribution >= 0.6 is 15.6 Å². The molecule has 6 N–H and O–H groups in total. The summed E-state index contributed by atoms with van der Waals surface area (Å²) in [5, 5.41) is 20.9. The fourth-order valence-corrected chi connectivity index (χ4v) is 9.16. The van der Waals surface area contributed by atoms with Crippen LogP contribution in [0.15, 0.2) is 53.5 Å². The topological polar surface area (TPSA) is 278 Å². The molecule has 0 amide bonds. The number of carbonyl (C=O) groups excluding carboxylic acids is 2. The summed E-state index contributed by atoms with van der Waals surface area (Å²) >= 11 is 0. The third-order valence-electron chi connectivity index (χ3n) is 10.8. The van der Waals surface area contributed by atoms with Crippen LogP contribution in [0.5, 0.6) is 0 Å². The van der Waals surface area contributed by atoms with Crippen LogP contribution in [0.1, 0.15) is 149 Å². The van der Waals surface area contributed by atoms with Crippen molar-refractivity contribution in [2.45, 2.75) is 186 Å². The van der Waals surface area contributed by atoms with Gasteiger partial charge in [-0.2, -0.15) is 9.29 Å². The predicted molar refractivity (Wildman–Crippen MR) is 247 cm³/mol. The maximum absolute atomic E-state index is 12.8. The maximum Gasteiger partial charge on any atom is 0.481 e. The molecule has 3 heterocycles. The molecule has 0 radical (unpaired) electrons. The standard InChI is InChI=1S/C45H75N3O16P2/c1-4-5-6-7-8-9-10-11-12-15-18-21-25-36-37(62-36)26-23-28-40(49)58-31-35(61-41(50)27-22-19-16-13-14-17-20-24-34(2)3)32-59-65(54,55)64-66(56,57)60-33-38-42(51)43(52)44(63-38)48-30-29-39(46)47-45(48)53/h8-9,11-12,18,21,29-30,34-38,42-44,51-52H,4-7,10,13-17,19-20,22-28,31-33H2,1-3H3,(H,54,55)(H,56,57)(H2,46,47,53)/b9-8-,12-11-,21-18-/t35-,36?,37?,38-,42-,43-,44-/m1/s1. The van der Waals surface area contributed by atoms with Crippen molar-refractivity contribution in [2.24, 2.45) is 5.92 Å². The van der Waals surface area contributed by atoms with E-state index in [2.05, 4.69) is 66.5 Å². The van der Waals surface area contributed by atoms with Crippen molar-refractivity contribution in [3.05, 3.63) is 59.2 Å². The number of nitrogens with two attached hydrogens (primary N) is 1. The fraction of sp³-hybridized carbons (Fsp3) is 0.733. The third kappa shape index (κ3) is 24.3. The van der Waals surface area contributed by atoms with Crippen LogP contribution in [0.3, 0.4) is 0 Å². The molecule has 0 saturated carbocycles. The van der Waals surface area contributed by atoms with E-state index in [1.165, 1.54) is 38.2 Å². The van der Waals surface area contributed by atoms with Gasteiger partial charge in [0.1, 0.15) is 30.7 Å². The number of aromatic nitrogens is 2. The van der Waals surface area contributed by atoms with Gasteiger partial charge in [0.2, 0.25) is 0 Å². The number of aliphatic hydroxyl groups is 2. The second-order valence-electron chi connectivity index (χ2n) is 17.1. The SMILES string of the molecule is CCCCC/C=C\C/C=C\C/C=C\CC1OC1CCCC(=O)OC[C@H](COP(=O)(O)OP(=O)(O)OC[C@H]1O[C@@H](n2ccc(N)nc2=O)[C@H](O)[C@@H]1O)OC(=O)CCCCCCCCCC(C)C. The first-order valence-corrected chi connectivity index (χ1v) is 26.5. The summed E-state index contributed by atoms with van der Waals surface area (Å²) in [6.07, 6.45) is 22.9. The number of nitrogens with zero attached hydrogens (tertiary/aromatic N) is 2. The highest BCUT2D eigenvalue weighted by Gasteiger charge is 2.46. The molecule has 66 heavy (non-hydrogen) atoms. The number of esters is 2. The van der Waals surface area contributed by atoms with E-state index in [4.69, 9.17) is 33.7 Å². The lowest BCUT2D eigenvalue weighted by Crippen LogP contribution is -2.36. The van der Waals surface area contributed by atoms with E-state index in [-0.39, 0.29) is 30.9 Å². The number of epoxide rings is 1. The molecule has 4 unspecified atom stereocenters. The Hall–Kier alpha value is -3.06. The van der Waals surface area contributed by atoms with E-state index in [0.717, 1.165) is 68.6 Å². The minimum absolute atomic E-state index is 0.0319. The molecule has 3 rings (SSSR count). The Morgan fingerprint density at radius 3 is 2.15 bits per heavy atom. The van der Waals surface area contributed by atoms with Gasteiger partial charge in [0, 0.05) is 19.0 Å². The van der Waals surface area contributed by atoms with Crippen LogP contribution in [0.4, 0.5) is 5.82 Å². The zero-order valence-electron chi connectivity index (χ0n) is 38.8. The van der Waals surface area contributed by atoms with Gasteiger partial charge in [0.15, 0.2) is 12.3 Å². The van der Waals surface area contributed by atoms with Crippen LogP contribution in [0.25, 0.3) is 0 Å². The highest BCUT2D eigenvalue weighted by atomic mass is 31.3. The Bertz CT molecular complexity index is 1830. The van der Waals surface area contributed by atoms with E-state index in [1.54, 1.807) is 0 Å². The van der Waals surface area contributed by atoms with Crippen molar-refractivity contribution in [1.82, 2.24) is 9.55 Å². The Balaban J connectivity index is 1.43. The molecule has 2 saturated heterocycles. The lowest BCUT2D eigenvalue weighted by atomic mass is 10.0. The number of aliphatic hydroxyl groups excluding tert-OH is 2. The first-order chi connectivity index (χ1) is 31.5. The molecule has 0 bridgehead atoms. The van der Waals surface area contributed by atoms with Crippen molar-refractivity contribution in [3.63, 3.8) is 0 Å². The van der Waals surface area contributed by atoms with E-state index in [0.29, 0.717) is 25.2 Å². The summed E-state index contributed by atoms with van der Waals surface area (Å²) in [5.74, 6) is -0.699. The van der Waals surface area contributed by atoms with Crippen molar-refractivity contribution in [1.29, 1.82) is 0 Å². The zero-order chi connectivity index (χ0) is 48.4. The molecule has 376 valence electrons. The molecule has 1 aromatic rings. The van der Waals surface area contributed by atoms with Gasteiger partial charge < -0.3 is 44.7 Å². The molecule has 2 fully saturated rings. The largest absolute Gasteiger partial charge is 0.481 e. The lowest BCUT2D eigenvalue weighted by molar-refractivity contribution is -0.161. The van der Waals surface area contributed by atoms with E-state index < -0.39 is 83.7 Å². The van der Waals surface area contributed by atoms with Crippen molar-refractivity contribution < 1.29 is 71.0 Å². The van der Waals surface area contributed by atoms with Gasteiger partial charge in [-0.3, -0.25) is 23.2 Å². The average Bonchev–Trinajstić information content (AvgIpc) is 3.94. The molecule has 0 aromatic carbocycles. The molecule has 1 aromatic heterocycles. The summed E-state index contributed by atoms with van der Waals surface area (Å²) < 4.78 is 62.3. The molecule has 19 nitrogen and oxygen atoms in total. The zero-order valence-corrected chi connectivity index (χ0v) is 40.6. The lowest BCUT2D eigenvalue weighted by Gasteiger charge is -2.21. The number of ether oxygens (including phenoxy) is 4. The maximum atomic E-state index is 12.8. The third-order valence-corrected chi connectivity index (χ3v) is 13.4. The van der Waals surface area contributed by atoms with Crippen molar-refractivity contribution >= 4 is 33.4 Å². The van der Waals surface area contributed by atoms with Crippen LogP contribution in [0.2, 0.25) is 0 Å². The smallest absolute Gasteiger partial charge is 0.462 e. The van der Waals surface area contributed by atoms with Crippen LogP contribution in [-0.4, -0.2) is 97.9 Å². The highest BCUT2D eigenvalue weighted by Crippen LogP contribution is 2.60. The van der Waals surface area contributed by atoms with Gasteiger partial charge in [-0.05, 0) is 63.4 Å². The summed E-state index contributed by atoms with van der Waals surface area (Å²) in [7, 11) is -10.9. The van der Waals surface area contributed by atoms with Gasteiger partial charge in [-0.25, -0.2) is 13.9 Å². The van der Waals surface area contributed by atoms with Crippen LogP contribution in [0, 0.1) is 5.92 Å². The average molecular weight is 976 g/mol. The monoisotopic (exact) mass is 975 g/mol. The summed E-state index contributed by atoms with van der Waals surface area (Å²) in [4.78, 5) is 61.8. The van der Waals surface area contributed by atoms with Crippen molar-refractivity contribution in [2.75, 3.05) is 25.6 Å².